The molecule has 138 valence electrons. The predicted octanol–water partition coefficient (Wildman–Crippen LogP) is 2.88. The van der Waals surface area contributed by atoms with Crippen LogP contribution in [0, 0.1) is 5.82 Å². The van der Waals surface area contributed by atoms with Gasteiger partial charge in [0.1, 0.15) is 5.82 Å². The average Bonchev–Trinajstić information content (AvgIpc) is 3.44. The largest absolute Gasteiger partial charge is 0.331 e. The van der Waals surface area contributed by atoms with Crippen LogP contribution in [0.1, 0.15) is 28.8 Å². The zero-order valence-electron chi connectivity index (χ0n) is 14.7. The normalized spacial score (nSPS) is 14.5. The van der Waals surface area contributed by atoms with Crippen LogP contribution in [0.15, 0.2) is 53.4 Å². The van der Waals surface area contributed by atoms with Crippen molar-refractivity contribution in [2.45, 2.75) is 30.3 Å². The van der Waals surface area contributed by atoms with E-state index in [1.54, 1.807) is 17.0 Å². The molecule has 1 aliphatic rings. The SMILES string of the molecule is CN(C)S(=O)(=O)c1ccc(C(=O)N(Cc2cccc(F)c2)C2CC2)cc1. The Morgan fingerprint density at radius 2 is 1.77 bits per heavy atom. The number of amides is 1. The van der Waals surface area contributed by atoms with E-state index in [2.05, 4.69) is 0 Å². The van der Waals surface area contributed by atoms with E-state index in [-0.39, 0.29) is 22.7 Å². The predicted molar refractivity (Wildman–Crippen MR) is 96.6 cm³/mol. The highest BCUT2D eigenvalue weighted by molar-refractivity contribution is 7.89. The molecule has 7 heteroatoms. The fraction of sp³-hybridized carbons (Fsp3) is 0.316. The monoisotopic (exact) mass is 376 g/mol. The molecule has 0 atom stereocenters. The Morgan fingerprint density at radius 3 is 2.31 bits per heavy atom. The molecule has 5 nitrogen and oxygen atoms in total. The van der Waals surface area contributed by atoms with Crippen LogP contribution in [0.4, 0.5) is 4.39 Å². The summed E-state index contributed by atoms with van der Waals surface area (Å²) < 4.78 is 38.8. The van der Waals surface area contributed by atoms with E-state index in [9.17, 15) is 17.6 Å². The molecule has 1 saturated carbocycles. The number of carbonyl (C=O) groups excluding carboxylic acids is 1. The van der Waals surface area contributed by atoms with E-state index >= 15 is 0 Å². The number of sulfonamides is 1. The van der Waals surface area contributed by atoms with Crippen LogP contribution in [-0.2, 0) is 16.6 Å². The number of halogens is 1. The summed E-state index contributed by atoms with van der Waals surface area (Å²) in [6.45, 7) is 0.332. The minimum absolute atomic E-state index is 0.141. The maximum atomic E-state index is 13.4. The van der Waals surface area contributed by atoms with Crippen molar-refractivity contribution in [1.82, 2.24) is 9.21 Å². The molecule has 0 aromatic heterocycles. The lowest BCUT2D eigenvalue weighted by Crippen LogP contribution is -2.32. The lowest BCUT2D eigenvalue weighted by atomic mass is 10.1. The van der Waals surface area contributed by atoms with Crippen LogP contribution in [0.5, 0.6) is 0 Å². The summed E-state index contributed by atoms with van der Waals surface area (Å²) in [4.78, 5) is 14.8. The average molecular weight is 376 g/mol. The molecule has 0 spiro atoms. The van der Waals surface area contributed by atoms with Gasteiger partial charge in [-0.1, -0.05) is 12.1 Å². The fourth-order valence-corrected chi connectivity index (χ4v) is 3.63. The number of nitrogens with zero attached hydrogens (tertiary/aromatic N) is 2. The summed E-state index contributed by atoms with van der Waals surface area (Å²) in [6.07, 6.45) is 1.85. The Hall–Kier alpha value is -2.25. The number of carbonyl (C=O) groups is 1. The van der Waals surface area contributed by atoms with Gasteiger partial charge in [0.2, 0.25) is 10.0 Å². The van der Waals surface area contributed by atoms with Gasteiger partial charge in [-0.15, -0.1) is 0 Å². The standard InChI is InChI=1S/C19H21FN2O3S/c1-21(2)26(24,25)18-10-6-15(7-11-18)19(23)22(17-8-9-17)13-14-4-3-5-16(20)12-14/h3-7,10-12,17H,8-9,13H2,1-2H3. The smallest absolute Gasteiger partial charge is 0.254 e. The van der Waals surface area contributed by atoms with Crippen LogP contribution < -0.4 is 0 Å². The number of hydrogen-bond donors (Lipinski definition) is 0. The van der Waals surface area contributed by atoms with E-state index in [1.807, 2.05) is 0 Å². The summed E-state index contributed by atoms with van der Waals surface area (Å²) in [5, 5.41) is 0. The Kier molecular flexibility index (Phi) is 5.11. The van der Waals surface area contributed by atoms with Gasteiger partial charge in [0.25, 0.3) is 5.91 Å². The highest BCUT2D eigenvalue weighted by Gasteiger charge is 2.33. The zero-order valence-corrected chi connectivity index (χ0v) is 15.5. The van der Waals surface area contributed by atoms with Crippen molar-refractivity contribution >= 4 is 15.9 Å². The Balaban J connectivity index is 1.82. The summed E-state index contributed by atoms with van der Waals surface area (Å²) in [5.41, 5.74) is 1.16. The van der Waals surface area contributed by atoms with Crippen molar-refractivity contribution in [1.29, 1.82) is 0 Å². The Morgan fingerprint density at radius 1 is 1.12 bits per heavy atom. The molecule has 1 fully saturated rings. The number of benzene rings is 2. The molecule has 0 bridgehead atoms. The second-order valence-electron chi connectivity index (χ2n) is 6.61. The van der Waals surface area contributed by atoms with Crippen LogP contribution in [0.3, 0.4) is 0 Å². The molecular formula is C19H21FN2O3S. The van der Waals surface area contributed by atoms with Gasteiger partial charge in [-0.2, -0.15) is 0 Å². The molecule has 26 heavy (non-hydrogen) atoms. The van der Waals surface area contributed by atoms with Gasteiger partial charge in [-0.05, 0) is 54.8 Å². The van der Waals surface area contributed by atoms with Crippen molar-refractivity contribution in [3.8, 4) is 0 Å². The summed E-state index contributed by atoms with van der Waals surface area (Å²) in [7, 11) is -0.609. The molecular weight excluding hydrogens is 355 g/mol. The van der Waals surface area contributed by atoms with Crippen LogP contribution >= 0.6 is 0 Å². The van der Waals surface area contributed by atoms with Gasteiger partial charge in [0, 0.05) is 32.2 Å². The first-order chi connectivity index (χ1) is 12.3. The highest BCUT2D eigenvalue weighted by atomic mass is 32.2. The van der Waals surface area contributed by atoms with Crippen molar-refractivity contribution in [3.05, 3.63) is 65.5 Å². The molecule has 0 N–H and O–H groups in total. The van der Waals surface area contributed by atoms with E-state index in [0.29, 0.717) is 12.1 Å². The minimum Gasteiger partial charge on any atom is -0.331 e. The van der Waals surface area contributed by atoms with Crippen LogP contribution in [-0.4, -0.2) is 43.7 Å². The zero-order chi connectivity index (χ0) is 18.9. The maximum absolute atomic E-state index is 13.4. The Bertz CT molecular complexity index is 907. The first kappa shape index (κ1) is 18.5. The third-order valence-corrected chi connectivity index (χ3v) is 6.20. The summed E-state index contributed by atoms with van der Waals surface area (Å²) in [5.74, 6) is -0.505. The molecule has 1 amide bonds. The second kappa shape index (κ2) is 7.17. The molecule has 0 radical (unpaired) electrons. The van der Waals surface area contributed by atoms with Gasteiger partial charge in [-0.25, -0.2) is 17.1 Å². The van der Waals surface area contributed by atoms with Crippen molar-refractivity contribution in [3.63, 3.8) is 0 Å². The topological polar surface area (TPSA) is 57.7 Å². The molecule has 0 unspecified atom stereocenters. The van der Waals surface area contributed by atoms with E-state index in [0.717, 1.165) is 22.7 Å². The third-order valence-electron chi connectivity index (χ3n) is 4.37. The summed E-state index contributed by atoms with van der Waals surface area (Å²) in [6, 6.07) is 12.3. The lowest BCUT2D eigenvalue weighted by molar-refractivity contribution is 0.0729. The first-order valence-corrected chi connectivity index (χ1v) is 9.81. The van der Waals surface area contributed by atoms with E-state index < -0.39 is 10.0 Å². The molecule has 0 saturated heterocycles. The van der Waals surface area contributed by atoms with Crippen LogP contribution in [0.2, 0.25) is 0 Å². The molecule has 0 aliphatic heterocycles. The second-order valence-corrected chi connectivity index (χ2v) is 8.76. The summed E-state index contributed by atoms with van der Waals surface area (Å²) >= 11 is 0. The lowest BCUT2D eigenvalue weighted by Gasteiger charge is -2.23. The molecule has 2 aromatic rings. The minimum atomic E-state index is -3.53. The van der Waals surface area contributed by atoms with Crippen molar-refractivity contribution in [2.75, 3.05) is 14.1 Å². The maximum Gasteiger partial charge on any atom is 0.254 e. The molecule has 1 aliphatic carbocycles. The van der Waals surface area contributed by atoms with Gasteiger partial charge < -0.3 is 4.90 Å². The van der Waals surface area contributed by atoms with Gasteiger partial charge in [0.15, 0.2) is 0 Å². The number of rotatable bonds is 6. The first-order valence-electron chi connectivity index (χ1n) is 8.37. The Labute approximate surface area is 153 Å². The number of hydrogen-bond acceptors (Lipinski definition) is 3. The van der Waals surface area contributed by atoms with Crippen LogP contribution in [0.25, 0.3) is 0 Å². The van der Waals surface area contributed by atoms with E-state index in [4.69, 9.17) is 0 Å². The third kappa shape index (κ3) is 3.94. The molecule has 3 rings (SSSR count). The quantitative estimate of drug-likeness (QED) is 0.779. The highest BCUT2D eigenvalue weighted by Crippen LogP contribution is 2.30. The fourth-order valence-electron chi connectivity index (χ4n) is 2.73. The van der Waals surface area contributed by atoms with E-state index in [1.165, 1.54) is 50.5 Å². The van der Waals surface area contributed by atoms with Gasteiger partial charge in [0.05, 0.1) is 4.90 Å². The van der Waals surface area contributed by atoms with Gasteiger partial charge in [-0.3, -0.25) is 4.79 Å². The van der Waals surface area contributed by atoms with Gasteiger partial charge >= 0.3 is 0 Å². The molecule has 2 aromatic carbocycles. The molecule has 0 heterocycles. The van der Waals surface area contributed by atoms with Crippen molar-refractivity contribution < 1.29 is 17.6 Å². The van der Waals surface area contributed by atoms with Crippen molar-refractivity contribution in [2.24, 2.45) is 0 Å².